The van der Waals surface area contributed by atoms with Crippen LogP contribution in [0.25, 0.3) is 0 Å². The summed E-state index contributed by atoms with van der Waals surface area (Å²) in [5, 5.41) is 7.88. The third-order valence-corrected chi connectivity index (χ3v) is 3.12. The van der Waals surface area contributed by atoms with E-state index in [0.29, 0.717) is 35.7 Å². The minimum atomic E-state index is -0.370. The lowest BCUT2D eigenvalue weighted by molar-refractivity contribution is 0.0517. The Labute approximate surface area is 145 Å². The second-order valence-electron chi connectivity index (χ2n) is 4.88. The highest BCUT2D eigenvalue weighted by Crippen LogP contribution is 2.15. The summed E-state index contributed by atoms with van der Waals surface area (Å²) < 4.78 is 9.82. The number of nitrogens with one attached hydrogen (secondary N) is 1. The monoisotopic (exact) mass is 341 g/mol. The molecule has 0 atom stereocenters. The predicted molar refractivity (Wildman–Crippen MR) is 92.9 cm³/mol. The lowest BCUT2D eigenvalue weighted by Crippen LogP contribution is -2.04. The first-order valence-corrected chi connectivity index (χ1v) is 7.85. The molecule has 0 aliphatic heterocycles. The number of hydrogen-bond donors (Lipinski definition) is 1. The zero-order valence-corrected chi connectivity index (χ0v) is 14.1. The van der Waals surface area contributed by atoms with E-state index < -0.39 is 0 Å². The van der Waals surface area contributed by atoms with Crippen molar-refractivity contribution in [3.05, 3.63) is 59.7 Å². The summed E-state index contributed by atoms with van der Waals surface area (Å²) in [4.78, 5) is 23.1. The smallest absolute Gasteiger partial charge is 0.338 e. The molecule has 0 aromatic heterocycles. The first kappa shape index (κ1) is 18.1. The SMILES string of the molecule is CCOC(=O)c1ccc(N=NNc2ccc(C(=O)OCC)cc2)cc1. The summed E-state index contributed by atoms with van der Waals surface area (Å²) in [5.41, 5.74) is 4.96. The van der Waals surface area contributed by atoms with Crippen molar-refractivity contribution in [2.75, 3.05) is 18.6 Å². The van der Waals surface area contributed by atoms with Gasteiger partial charge in [0.25, 0.3) is 0 Å². The van der Waals surface area contributed by atoms with E-state index >= 15 is 0 Å². The number of esters is 2. The van der Waals surface area contributed by atoms with E-state index in [9.17, 15) is 9.59 Å². The minimum Gasteiger partial charge on any atom is -0.462 e. The van der Waals surface area contributed by atoms with Gasteiger partial charge in [0.05, 0.1) is 35.7 Å². The van der Waals surface area contributed by atoms with Gasteiger partial charge in [0.15, 0.2) is 0 Å². The van der Waals surface area contributed by atoms with Gasteiger partial charge in [-0.15, -0.1) is 5.11 Å². The number of ether oxygens (including phenoxy) is 2. The van der Waals surface area contributed by atoms with Gasteiger partial charge in [-0.05, 0) is 62.4 Å². The number of carbonyl (C=O) groups is 2. The molecule has 2 aromatic carbocycles. The largest absolute Gasteiger partial charge is 0.462 e. The molecule has 7 nitrogen and oxygen atoms in total. The van der Waals surface area contributed by atoms with Gasteiger partial charge in [-0.2, -0.15) is 0 Å². The molecule has 0 radical (unpaired) electrons. The maximum absolute atomic E-state index is 11.6. The molecule has 25 heavy (non-hydrogen) atoms. The molecule has 2 aromatic rings. The average molecular weight is 341 g/mol. The highest BCUT2D eigenvalue weighted by atomic mass is 16.5. The number of hydrogen-bond acceptors (Lipinski definition) is 6. The molecular weight excluding hydrogens is 322 g/mol. The number of anilines is 1. The van der Waals surface area contributed by atoms with Crippen molar-refractivity contribution in [3.8, 4) is 0 Å². The second kappa shape index (κ2) is 9.17. The molecule has 0 bridgehead atoms. The van der Waals surface area contributed by atoms with Crippen LogP contribution < -0.4 is 5.43 Å². The second-order valence-corrected chi connectivity index (χ2v) is 4.88. The van der Waals surface area contributed by atoms with Crippen LogP contribution in [0.5, 0.6) is 0 Å². The molecule has 0 unspecified atom stereocenters. The standard InChI is InChI=1S/C18H19N3O4/c1-3-24-17(22)13-5-9-15(10-6-13)19-21-20-16-11-7-14(8-12-16)18(23)25-4-2/h5-12H,3-4H2,1-2H3,(H,19,20). The molecule has 130 valence electrons. The lowest BCUT2D eigenvalue weighted by atomic mass is 10.2. The quantitative estimate of drug-likeness (QED) is 0.464. The number of carbonyl (C=O) groups excluding carboxylic acids is 2. The molecule has 0 saturated heterocycles. The van der Waals surface area contributed by atoms with Gasteiger partial charge in [-0.25, -0.2) is 9.59 Å². The third kappa shape index (κ3) is 5.42. The lowest BCUT2D eigenvalue weighted by Gasteiger charge is -2.03. The zero-order chi connectivity index (χ0) is 18.1. The normalized spacial score (nSPS) is 10.5. The first-order valence-electron chi connectivity index (χ1n) is 7.85. The molecule has 0 spiro atoms. The Morgan fingerprint density at radius 3 is 1.80 bits per heavy atom. The van der Waals surface area contributed by atoms with Gasteiger partial charge < -0.3 is 9.47 Å². The van der Waals surface area contributed by atoms with E-state index in [1.165, 1.54) is 0 Å². The van der Waals surface area contributed by atoms with Gasteiger partial charge in [-0.3, -0.25) is 5.43 Å². The van der Waals surface area contributed by atoms with E-state index in [2.05, 4.69) is 15.8 Å². The van der Waals surface area contributed by atoms with Crippen molar-refractivity contribution < 1.29 is 19.1 Å². The molecule has 0 aliphatic rings. The maximum atomic E-state index is 11.6. The Morgan fingerprint density at radius 2 is 1.32 bits per heavy atom. The molecule has 7 heteroatoms. The fourth-order valence-corrected chi connectivity index (χ4v) is 1.91. The Balaban J connectivity index is 1.92. The van der Waals surface area contributed by atoms with E-state index in [0.717, 1.165) is 0 Å². The van der Waals surface area contributed by atoms with Gasteiger partial charge in [0.2, 0.25) is 0 Å². The topological polar surface area (TPSA) is 89.4 Å². The van der Waals surface area contributed by atoms with E-state index in [4.69, 9.17) is 9.47 Å². The summed E-state index contributed by atoms with van der Waals surface area (Å²) in [7, 11) is 0. The van der Waals surface area contributed by atoms with Crippen LogP contribution in [0, 0.1) is 0 Å². The van der Waals surface area contributed by atoms with Crippen LogP contribution in [-0.2, 0) is 9.47 Å². The molecule has 0 saturated carbocycles. The summed E-state index contributed by atoms with van der Waals surface area (Å²) >= 11 is 0. The van der Waals surface area contributed by atoms with Gasteiger partial charge in [0, 0.05) is 0 Å². The van der Waals surface area contributed by atoms with Gasteiger partial charge >= 0.3 is 11.9 Å². The molecule has 0 aliphatic carbocycles. The van der Waals surface area contributed by atoms with E-state index in [1.54, 1.807) is 62.4 Å². The summed E-state index contributed by atoms with van der Waals surface area (Å²) in [6, 6.07) is 13.3. The van der Waals surface area contributed by atoms with Crippen molar-refractivity contribution >= 4 is 23.3 Å². The predicted octanol–water partition coefficient (Wildman–Crippen LogP) is 4.15. The molecular formula is C18H19N3O4. The van der Waals surface area contributed by atoms with Crippen molar-refractivity contribution in [1.29, 1.82) is 0 Å². The number of nitrogens with zero attached hydrogens (tertiary/aromatic N) is 2. The number of rotatable bonds is 7. The summed E-state index contributed by atoms with van der Waals surface area (Å²) in [6.45, 7) is 4.18. The van der Waals surface area contributed by atoms with Crippen molar-refractivity contribution in [2.45, 2.75) is 13.8 Å². The zero-order valence-electron chi connectivity index (χ0n) is 14.1. The van der Waals surface area contributed by atoms with Crippen molar-refractivity contribution in [1.82, 2.24) is 0 Å². The summed E-state index contributed by atoms with van der Waals surface area (Å²) in [6.07, 6.45) is 0. The third-order valence-electron chi connectivity index (χ3n) is 3.12. The van der Waals surface area contributed by atoms with E-state index in [-0.39, 0.29) is 11.9 Å². The van der Waals surface area contributed by atoms with Crippen LogP contribution in [-0.4, -0.2) is 25.2 Å². The van der Waals surface area contributed by atoms with Crippen LogP contribution >= 0.6 is 0 Å². The highest BCUT2D eigenvalue weighted by Gasteiger charge is 2.06. The highest BCUT2D eigenvalue weighted by molar-refractivity contribution is 5.90. The molecule has 0 heterocycles. The van der Waals surface area contributed by atoms with Crippen LogP contribution in [0.4, 0.5) is 11.4 Å². The Bertz CT molecular complexity index is 740. The Kier molecular flexibility index (Phi) is 6.65. The maximum Gasteiger partial charge on any atom is 0.338 e. The first-order chi connectivity index (χ1) is 12.1. The van der Waals surface area contributed by atoms with Crippen molar-refractivity contribution in [2.24, 2.45) is 10.3 Å². The Hall–Kier alpha value is -3.22. The Morgan fingerprint density at radius 1 is 0.840 bits per heavy atom. The minimum absolute atomic E-state index is 0.333. The van der Waals surface area contributed by atoms with E-state index in [1.807, 2.05) is 0 Å². The fraction of sp³-hybridized carbons (Fsp3) is 0.222. The molecule has 0 fully saturated rings. The van der Waals surface area contributed by atoms with Crippen LogP contribution in [0.1, 0.15) is 34.6 Å². The molecule has 2 rings (SSSR count). The van der Waals surface area contributed by atoms with Gasteiger partial charge in [0.1, 0.15) is 0 Å². The van der Waals surface area contributed by atoms with Gasteiger partial charge in [-0.1, -0.05) is 5.22 Å². The fourth-order valence-electron chi connectivity index (χ4n) is 1.91. The number of benzene rings is 2. The molecule has 0 amide bonds. The van der Waals surface area contributed by atoms with Crippen LogP contribution in [0.15, 0.2) is 58.9 Å². The molecule has 1 N–H and O–H groups in total. The van der Waals surface area contributed by atoms with Crippen molar-refractivity contribution in [3.63, 3.8) is 0 Å². The van der Waals surface area contributed by atoms with Crippen LogP contribution in [0.3, 0.4) is 0 Å². The summed E-state index contributed by atoms with van der Waals surface area (Å²) in [5.74, 6) is -0.733. The van der Waals surface area contributed by atoms with Crippen LogP contribution in [0.2, 0.25) is 0 Å². The average Bonchev–Trinajstić information content (AvgIpc) is 2.63.